The fraction of sp³-hybridized carbons (Fsp3) is 0.700. The lowest BCUT2D eigenvalue weighted by atomic mass is 9.79. The van der Waals surface area contributed by atoms with Gasteiger partial charge in [0, 0.05) is 30.8 Å². The zero-order valence-corrected chi connectivity index (χ0v) is 10.3. The molecule has 1 saturated heterocycles. The minimum Gasteiger partial charge on any atom is -0.381 e. The van der Waals surface area contributed by atoms with Crippen LogP contribution in [-0.4, -0.2) is 32.2 Å². The van der Waals surface area contributed by atoms with Crippen LogP contribution in [0.3, 0.4) is 0 Å². The second-order valence-corrected chi connectivity index (χ2v) is 4.92. The van der Waals surface area contributed by atoms with Gasteiger partial charge in [0.1, 0.15) is 0 Å². The van der Waals surface area contributed by atoms with Crippen LogP contribution in [0.25, 0.3) is 0 Å². The molecule has 0 aromatic carbocycles. The fourth-order valence-electron chi connectivity index (χ4n) is 1.65. The maximum absolute atomic E-state index is 11.9. The number of nitrogens with two attached hydrogens (primary N) is 1. The SMILES string of the molecule is C=C(Br)CNC(=O)C1(CN)CCOCC1. The lowest BCUT2D eigenvalue weighted by Crippen LogP contribution is -2.49. The second kappa shape index (κ2) is 5.63. The Morgan fingerprint density at radius 3 is 2.60 bits per heavy atom. The van der Waals surface area contributed by atoms with Gasteiger partial charge in [0.15, 0.2) is 0 Å². The molecule has 0 unspecified atom stereocenters. The van der Waals surface area contributed by atoms with Crippen LogP contribution in [0, 0.1) is 5.41 Å². The highest BCUT2D eigenvalue weighted by Crippen LogP contribution is 2.29. The van der Waals surface area contributed by atoms with Gasteiger partial charge < -0.3 is 15.8 Å². The van der Waals surface area contributed by atoms with E-state index in [4.69, 9.17) is 10.5 Å². The van der Waals surface area contributed by atoms with Gasteiger partial charge in [-0.15, -0.1) is 0 Å². The quantitative estimate of drug-likeness (QED) is 0.797. The van der Waals surface area contributed by atoms with Crippen LogP contribution >= 0.6 is 15.9 Å². The zero-order chi connectivity index (χ0) is 11.3. The third kappa shape index (κ3) is 3.29. The van der Waals surface area contributed by atoms with Crippen molar-refractivity contribution in [1.29, 1.82) is 0 Å². The Balaban J connectivity index is 2.55. The van der Waals surface area contributed by atoms with Gasteiger partial charge in [-0.05, 0) is 12.8 Å². The summed E-state index contributed by atoms with van der Waals surface area (Å²) in [4.78, 5) is 11.9. The first kappa shape index (κ1) is 12.7. The smallest absolute Gasteiger partial charge is 0.227 e. The van der Waals surface area contributed by atoms with E-state index in [0.29, 0.717) is 39.1 Å². The van der Waals surface area contributed by atoms with E-state index in [1.54, 1.807) is 0 Å². The molecule has 1 aliphatic heterocycles. The maximum Gasteiger partial charge on any atom is 0.227 e. The van der Waals surface area contributed by atoms with E-state index < -0.39 is 5.41 Å². The van der Waals surface area contributed by atoms with Crippen molar-refractivity contribution in [3.63, 3.8) is 0 Å². The highest BCUT2D eigenvalue weighted by molar-refractivity contribution is 9.11. The molecule has 0 radical (unpaired) electrons. The summed E-state index contributed by atoms with van der Waals surface area (Å²) in [6, 6.07) is 0. The zero-order valence-electron chi connectivity index (χ0n) is 8.72. The number of hydrogen-bond acceptors (Lipinski definition) is 3. The number of rotatable bonds is 4. The number of halogens is 1. The normalized spacial score (nSPS) is 19.6. The molecule has 0 atom stereocenters. The number of nitrogens with one attached hydrogen (secondary N) is 1. The van der Waals surface area contributed by atoms with Crippen LogP contribution in [0.15, 0.2) is 11.1 Å². The summed E-state index contributed by atoms with van der Waals surface area (Å²) in [6.45, 7) is 5.71. The average molecular weight is 277 g/mol. The minimum atomic E-state index is -0.444. The monoisotopic (exact) mass is 276 g/mol. The molecule has 86 valence electrons. The summed E-state index contributed by atoms with van der Waals surface area (Å²) in [5.41, 5.74) is 5.25. The summed E-state index contributed by atoms with van der Waals surface area (Å²) >= 11 is 3.20. The van der Waals surface area contributed by atoms with Crippen molar-refractivity contribution < 1.29 is 9.53 Å². The van der Waals surface area contributed by atoms with Crippen molar-refractivity contribution in [1.82, 2.24) is 5.32 Å². The predicted octanol–water partition coefficient (Wildman–Crippen LogP) is 0.767. The lowest BCUT2D eigenvalue weighted by Gasteiger charge is -2.34. The topological polar surface area (TPSA) is 64.4 Å². The third-order valence-corrected chi connectivity index (χ3v) is 3.04. The standard InChI is InChI=1S/C10H17BrN2O2/c1-8(11)6-13-9(14)10(7-12)2-4-15-5-3-10/h1-7,12H2,(H,13,14). The molecule has 5 heteroatoms. The highest BCUT2D eigenvalue weighted by Gasteiger charge is 2.38. The van der Waals surface area contributed by atoms with Gasteiger partial charge in [-0.1, -0.05) is 22.5 Å². The van der Waals surface area contributed by atoms with Gasteiger partial charge in [-0.3, -0.25) is 4.79 Å². The highest BCUT2D eigenvalue weighted by atomic mass is 79.9. The molecular formula is C10H17BrN2O2. The molecule has 15 heavy (non-hydrogen) atoms. The predicted molar refractivity (Wildman–Crippen MR) is 62.6 cm³/mol. The van der Waals surface area contributed by atoms with Crippen molar-refractivity contribution in [2.45, 2.75) is 12.8 Å². The van der Waals surface area contributed by atoms with E-state index in [2.05, 4.69) is 27.8 Å². The van der Waals surface area contributed by atoms with E-state index in [1.807, 2.05) is 0 Å². The molecule has 1 amide bonds. The summed E-state index contributed by atoms with van der Waals surface area (Å²) in [5.74, 6) is 0.00824. The van der Waals surface area contributed by atoms with Crippen LogP contribution in [0.4, 0.5) is 0 Å². The second-order valence-electron chi connectivity index (χ2n) is 3.80. The summed E-state index contributed by atoms with van der Waals surface area (Å²) < 4.78 is 6.00. The molecule has 1 heterocycles. The number of hydrogen-bond donors (Lipinski definition) is 2. The Morgan fingerprint density at radius 2 is 2.13 bits per heavy atom. The maximum atomic E-state index is 11.9. The van der Waals surface area contributed by atoms with Crippen molar-refractivity contribution in [3.05, 3.63) is 11.1 Å². The third-order valence-electron chi connectivity index (χ3n) is 2.76. The molecule has 0 aliphatic carbocycles. The number of carbonyl (C=O) groups is 1. The van der Waals surface area contributed by atoms with E-state index in [1.165, 1.54) is 0 Å². The number of carbonyl (C=O) groups excluding carboxylic acids is 1. The Labute approximate surface area is 98.4 Å². The van der Waals surface area contributed by atoms with Crippen LogP contribution in [0.1, 0.15) is 12.8 Å². The average Bonchev–Trinajstić information content (AvgIpc) is 2.26. The first-order valence-electron chi connectivity index (χ1n) is 5.00. The van der Waals surface area contributed by atoms with E-state index in [0.717, 1.165) is 4.48 Å². The molecule has 1 aliphatic rings. The van der Waals surface area contributed by atoms with Crippen molar-refractivity contribution in [2.75, 3.05) is 26.3 Å². The molecule has 0 aromatic heterocycles. The Hall–Kier alpha value is -0.390. The first-order chi connectivity index (χ1) is 7.10. The summed E-state index contributed by atoms with van der Waals surface area (Å²) in [5, 5.41) is 2.82. The van der Waals surface area contributed by atoms with Gasteiger partial charge in [0.25, 0.3) is 0 Å². The number of ether oxygens (including phenoxy) is 1. The molecule has 0 spiro atoms. The van der Waals surface area contributed by atoms with Crippen LogP contribution < -0.4 is 11.1 Å². The molecule has 1 rings (SSSR count). The van der Waals surface area contributed by atoms with E-state index in [9.17, 15) is 4.79 Å². The summed E-state index contributed by atoms with van der Waals surface area (Å²) in [7, 11) is 0. The van der Waals surface area contributed by atoms with Crippen LogP contribution in [0.2, 0.25) is 0 Å². The Morgan fingerprint density at radius 1 is 1.53 bits per heavy atom. The lowest BCUT2D eigenvalue weighted by molar-refractivity contribution is -0.135. The largest absolute Gasteiger partial charge is 0.381 e. The van der Waals surface area contributed by atoms with E-state index >= 15 is 0 Å². The summed E-state index contributed by atoms with van der Waals surface area (Å²) in [6.07, 6.45) is 1.40. The molecule has 0 bridgehead atoms. The van der Waals surface area contributed by atoms with Crippen molar-refractivity contribution in [3.8, 4) is 0 Å². The molecule has 0 saturated carbocycles. The van der Waals surface area contributed by atoms with Crippen molar-refractivity contribution in [2.24, 2.45) is 11.1 Å². The van der Waals surface area contributed by atoms with Gasteiger partial charge in [-0.25, -0.2) is 0 Å². The van der Waals surface area contributed by atoms with E-state index in [-0.39, 0.29) is 5.91 Å². The van der Waals surface area contributed by atoms with Gasteiger partial charge in [-0.2, -0.15) is 0 Å². The number of amides is 1. The molecular weight excluding hydrogens is 260 g/mol. The van der Waals surface area contributed by atoms with Gasteiger partial charge >= 0.3 is 0 Å². The molecule has 0 aromatic rings. The van der Waals surface area contributed by atoms with Crippen LogP contribution in [-0.2, 0) is 9.53 Å². The Bertz CT molecular complexity index is 250. The first-order valence-corrected chi connectivity index (χ1v) is 5.79. The van der Waals surface area contributed by atoms with Gasteiger partial charge in [0.05, 0.1) is 5.41 Å². The molecule has 1 fully saturated rings. The molecule has 4 nitrogen and oxygen atoms in total. The fourth-order valence-corrected chi connectivity index (χ4v) is 1.79. The molecule has 3 N–H and O–H groups in total. The minimum absolute atomic E-state index is 0.00824. The van der Waals surface area contributed by atoms with Crippen molar-refractivity contribution >= 4 is 21.8 Å². The Kier molecular flexibility index (Phi) is 4.76. The van der Waals surface area contributed by atoms with Gasteiger partial charge in [0.2, 0.25) is 5.91 Å². The van der Waals surface area contributed by atoms with Crippen LogP contribution in [0.5, 0.6) is 0 Å².